The molecule has 1 saturated carbocycles. The summed E-state index contributed by atoms with van der Waals surface area (Å²) in [6, 6.07) is 15.7. The molecular formula is C29H33ClN6O2. The van der Waals surface area contributed by atoms with Gasteiger partial charge in [0.2, 0.25) is 11.7 Å². The molecule has 2 aromatic carbocycles. The maximum absolute atomic E-state index is 13.4. The first-order chi connectivity index (χ1) is 18.6. The number of aromatic nitrogens is 4. The highest BCUT2D eigenvalue weighted by Gasteiger charge is 2.27. The summed E-state index contributed by atoms with van der Waals surface area (Å²) in [7, 11) is 0. The Morgan fingerprint density at radius 3 is 2.42 bits per heavy atom. The molecule has 0 unspecified atom stereocenters. The van der Waals surface area contributed by atoms with Crippen molar-refractivity contribution in [3.63, 3.8) is 0 Å². The second-order valence-electron chi connectivity index (χ2n) is 10.5. The maximum atomic E-state index is 13.4. The Hall–Kier alpha value is -3.23. The van der Waals surface area contributed by atoms with Gasteiger partial charge in [-0.25, -0.2) is 0 Å². The standard InChI is InChI=1S/C29H33ClN6O2/c30-22-12-10-21(11-13-22)20-35-28(38)24-8-4-5-9-25(24)36-26(31-32-29(35)36)14-15-27(37)34-18-16-33(17-19-34)23-6-2-1-3-7-23/h4-5,8-13,23H,1-3,6-7,14-20H2. The molecule has 9 heteroatoms. The fourth-order valence-electron chi connectivity index (χ4n) is 6.05. The van der Waals surface area contributed by atoms with Gasteiger partial charge in [-0.1, -0.05) is 55.1 Å². The van der Waals surface area contributed by atoms with Gasteiger partial charge in [-0.2, -0.15) is 0 Å². The number of hydrogen-bond donors (Lipinski definition) is 0. The van der Waals surface area contributed by atoms with E-state index in [4.69, 9.17) is 11.6 Å². The van der Waals surface area contributed by atoms with Gasteiger partial charge in [0.25, 0.3) is 5.56 Å². The number of hydrogen-bond acceptors (Lipinski definition) is 5. The van der Waals surface area contributed by atoms with E-state index in [1.165, 1.54) is 32.1 Å². The Balaban J connectivity index is 1.21. The molecule has 3 heterocycles. The number of benzene rings is 2. The molecule has 38 heavy (non-hydrogen) atoms. The molecular weight excluding hydrogens is 500 g/mol. The van der Waals surface area contributed by atoms with Crippen molar-refractivity contribution in [2.45, 2.75) is 57.5 Å². The maximum Gasteiger partial charge on any atom is 0.263 e. The third-order valence-electron chi connectivity index (χ3n) is 8.15. The molecule has 2 fully saturated rings. The van der Waals surface area contributed by atoms with Gasteiger partial charge >= 0.3 is 0 Å². The number of piperazine rings is 1. The molecule has 0 bridgehead atoms. The van der Waals surface area contributed by atoms with Crippen LogP contribution in [0.25, 0.3) is 16.7 Å². The van der Waals surface area contributed by atoms with Crippen molar-refractivity contribution in [1.82, 2.24) is 29.0 Å². The van der Waals surface area contributed by atoms with Crippen LogP contribution < -0.4 is 5.56 Å². The van der Waals surface area contributed by atoms with Crippen molar-refractivity contribution < 1.29 is 4.79 Å². The highest BCUT2D eigenvalue weighted by atomic mass is 35.5. The zero-order valence-electron chi connectivity index (χ0n) is 21.6. The van der Waals surface area contributed by atoms with Crippen LogP contribution in [0.2, 0.25) is 5.02 Å². The quantitative estimate of drug-likeness (QED) is 0.373. The summed E-state index contributed by atoms with van der Waals surface area (Å²) in [4.78, 5) is 31.2. The summed E-state index contributed by atoms with van der Waals surface area (Å²) in [5, 5.41) is 10.1. The van der Waals surface area contributed by atoms with Crippen molar-refractivity contribution in [2.75, 3.05) is 26.2 Å². The van der Waals surface area contributed by atoms with E-state index in [0.29, 0.717) is 47.4 Å². The Morgan fingerprint density at radius 2 is 1.66 bits per heavy atom. The monoisotopic (exact) mass is 532 g/mol. The van der Waals surface area contributed by atoms with Crippen LogP contribution in [-0.4, -0.2) is 67.1 Å². The van der Waals surface area contributed by atoms with E-state index in [1.54, 1.807) is 4.57 Å². The van der Waals surface area contributed by atoms with E-state index in [1.807, 2.05) is 57.8 Å². The molecule has 0 atom stereocenters. The lowest BCUT2D eigenvalue weighted by molar-refractivity contribution is -0.133. The van der Waals surface area contributed by atoms with E-state index >= 15 is 0 Å². The van der Waals surface area contributed by atoms with Gasteiger partial charge in [-0.15, -0.1) is 10.2 Å². The molecule has 1 amide bonds. The van der Waals surface area contributed by atoms with Gasteiger partial charge in [-0.3, -0.25) is 23.5 Å². The first-order valence-electron chi connectivity index (χ1n) is 13.7. The van der Waals surface area contributed by atoms with Crippen molar-refractivity contribution in [1.29, 1.82) is 0 Å². The first-order valence-corrected chi connectivity index (χ1v) is 14.1. The van der Waals surface area contributed by atoms with Gasteiger partial charge < -0.3 is 4.90 Å². The van der Waals surface area contributed by atoms with Crippen LogP contribution in [0.5, 0.6) is 0 Å². The van der Waals surface area contributed by atoms with Crippen molar-refractivity contribution in [3.8, 4) is 0 Å². The van der Waals surface area contributed by atoms with Crippen LogP contribution in [0.15, 0.2) is 53.3 Å². The Morgan fingerprint density at radius 1 is 0.921 bits per heavy atom. The lowest BCUT2D eigenvalue weighted by Gasteiger charge is -2.40. The average molecular weight is 533 g/mol. The van der Waals surface area contributed by atoms with Gasteiger partial charge in [-0.05, 0) is 42.7 Å². The van der Waals surface area contributed by atoms with Gasteiger partial charge in [0, 0.05) is 50.1 Å². The number of fused-ring (bicyclic) bond motifs is 3. The molecule has 4 aromatic rings. The molecule has 1 aliphatic heterocycles. The second kappa shape index (κ2) is 10.9. The van der Waals surface area contributed by atoms with Crippen LogP contribution in [0.1, 0.15) is 49.9 Å². The molecule has 0 spiro atoms. The molecule has 2 aliphatic rings. The normalized spacial score (nSPS) is 17.4. The molecule has 0 radical (unpaired) electrons. The third kappa shape index (κ3) is 4.95. The minimum Gasteiger partial charge on any atom is -0.340 e. The minimum absolute atomic E-state index is 0.117. The van der Waals surface area contributed by atoms with E-state index in [-0.39, 0.29) is 11.5 Å². The predicted octanol–water partition coefficient (Wildman–Crippen LogP) is 4.16. The first kappa shape index (κ1) is 25.1. The smallest absolute Gasteiger partial charge is 0.263 e. The lowest BCUT2D eigenvalue weighted by atomic mass is 9.94. The SMILES string of the molecule is O=C(CCc1nnc2n(Cc3ccc(Cl)cc3)c(=O)c3ccccc3n12)N1CCN(C2CCCCC2)CC1. The number of amides is 1. The number of carbonyl (C=O) groups excluding carboxylic acids is 1. The lowest BCUT2D eigenvalue weighted by Crippen LogP contribution is -2.52. The molecule has 2 aromatic heterocycles. The Bertz CT molecular complexity index is 1500. The molecule has 1 saturated heterocycles. The van der Waals surface area contributed by atoms with Gasteiger partial charge in [0.15, 0.2) is 0 Å². The Kier molecular flexibility index (Phi) is 7.17. The highest BCUT2D eigenvalue weighted by molar-refractivity contribution is 6.30. The van der Waals surface area contributed by atoms with Gasteiger partial charge in [0.05, 0.1) is 17.4 Å². The summed E-state index contributed by atoms with van der Waals surface area (Å²) >= 11 is 6.05. The molecule has 0 N–H and O–H groups in total. The molecule has 6 rings (SSSR count). The summed E-state index contributed by atoms with van der Waals surface area (Å²) in [5.74, 6) is 1.33. The fourth-order valence-corrected chi connectivity index (χ4v) is 6.18. The van der Waals surface area contributed by atoms with E-state index in [2.05, 4.69) is 15.1 Å². The zero-order chi connectivity index (χ0) is 26.1. The summed E-state index contributed by atoms with van der Waals surface area (Å²) in [5.41, 5.74) is 1.59. The van der Waals surface area contributed by atoms with Crippen LogP contribution in [0.4, 0.5) is 0 Å². The second-order valence-corrected chi connectivity index (χ2v) is 10.9. The summed E-state index contributed by atoms with van der Waals surface area (Å²) in [6.45, 7) is 3.86. The number of halogens is 1. The minimum atomic E-state index is -0.117. The highest BCUT2D eigenvalue weighted by Crippen LogP contribution is 2.24. The number of aryl methyl sites for hydroxylation is 1. The number of rotatable bonds is 6. The Labute approximate surface area is 226 Å². The topological polar surface area (TPSA) is 75.7 Å². The zero-order valence-corrected chi connectivity index (χ0v) is 22.3. The van der Waals surface area contributed by atoms with Crippen molar-refractivity contribution >= 4 is 34.2 Å². The molecule has 8 nitrogen and oxygen atoms in total. The number of carbonyl (C=O) groups is 1. The van der Waals surface area contributed by atoms with Gasteiger partial charge in [0.1, 0.15) is 5.82 Å². The summed E-state index contributed by atoms with van der Waals surface area (Å²) in [6.07, 6.45) is 7.45. The third-order valence-corrected chi connectivity index (χ3v) is 8.40. The van der Waals surface area contributed by atoms with E-state index in [9.17, 15) is 9.59 Å². The van der Waals surface area contributed by atoms with Crippen LogP contribution in [-0.2, 0) is 17.8 Å². The number of nitrogens with zero attached hydrogens (tertiary/aromatic N) is 6. The van der Waals surface area contributed by atoms with Crippen molar-refractivity contribution in [2.24, 2.45) is 0 Å². The molecule has 198 valence electrons. The van der Waals surface area contributed by atoms with Crippen LogP contribution >= 0.6 is 11.6 Å². The predicted molar refractivity (Wildman–Crippen MR) is 149 cm³/mol. The van der Waals surface area contributed by atoms with Crippen molar-refractivity contribution in [3.05, 3.63) is 75.3 Å². The largest absolute Gasteiger partial charge is 0.340 e. The summed E-state index contributed by atoms with van der Waals surface area (Å²) < 4.78 is 3.58. The van der Waals surface area contributed by atoms with E-state index < -0.39 is 0 Å². The van der Waals surface area contributed by atoms with Crippen LogP contribution in [0, 0.1) is 0 Å². The van der Waals surface area contributed by atoms with E-state index in [0.717, 1.165) is 37.3 Å². The fraction of sp³-hybridized carbons (Fsp3) is 0.448. The average Bonchev–Trinajstić information content (AvgIpc) is 3.39. The van der Waals surface area contributed by atoms with Crippen LogP contribution in [0.3, 0.4) is 0 Å². The molecule has 1 aliphatic carbocycles. The number of para-hydroxylation sites is 1.